The van der Waals surface area contributed by atoms with E-state index in [0.717, 1.165) is 25.9 Å². The molecule has 0 saturated carbocycles. The van der Waals surface area contributed by atoms with Gasteiger partial charge in [-0.2, -0.15) is 4.68 Å². The Labute approximate surface area is 123 Å². The molecule has 8 heteroatoms. The number of nitrogens with zero attached hydrogens (tertiary/aromatic N) is 5. The molecule has 1 aliphatic rings. The van der Waals surface area contributed by atoms with Crippen LogP contribution in [-0.4, -0.2) is 58.9 Å². The summed E-state index contributed by atoms with van der Waals surface area (Å²) in [5, 5.41) is 10.9. The van der Waals surface area contributed by atoms with Gasteiger partial charge in [-0.25, -0.2) is 8.42 Å². The van der Waals surface area contributed by atoms with Gasteiger partial charge in [0.05, 0.1) is 11.4 Å². The van der Waals surface area contributed by atoms with Crippen LogP contribution in [0.4, 0.5) is 0 Å². The summed E-state index contributed by atoms with van der Waals surface area (Å²) in [5.41, 5.74) is 0.641. The van der Waals surface area contributed by atoms with E-state index in [2.05, 4.69) is 20.4 Å². The van der Waals surface area contributed by atoms with E-state index in [4.69, 9.17) is 0 Å². The van der Waals surface area contributed by atoms with Crippen LogP contribution in [0.1, 0.15) is 12.8 Å². The fourth-order valence-electron chi connectivity index (χ4n) is 2.45. The molecule has 1 saturated heterocycles. The number of benzene rings is 1. The van der Waals surface area contributed by atoms with Crippen LogP contribution in [0.2, 0.25) is 0 Å². The van der Waals surface area contributed by atoms with Crippen molar-refractivity contribution < 1.29 is 8.42 Å². The maximum Gasteiger partial charge on any atom is 0.272 e. The molecule has 1 aromatic heterocycles. The average molecular weight is 307 g/mol. The number of rotatable bonds is 5. The smallest absolute Gasteiger partial charge is 0.272 e. The highest BCUT2D eigenvalue weighted by Gasteiger charge is 2.25. The van der Waals surface area contributed by atoms with Crippen LogP contribution < -0.4 is 0 Å². The summed E-state index contributed by atoms with van der Waals surface area (Å²) in [5.74, 6) is 0.0419. The molecule has 0 aliphatic carbocycles. The molecule has 21 heavy (non-hydrogen) atoms. The third-order valence-electron chi connectivity index (χ3n) is 3.59. The van der Waals surface area contributed by atoms with Crippen LogP contribution in [-0.2, 0) is 9.84 Å². The number of sulfone groups is 1. The van der Waals surface area contributed by atoms with Crippen molar-refractivity contribution in [1.29, 1.82) is 0 Å². The van der Waals surface area contributed by atoms with Crippen molar-refractivity contribution in [3.8, 4) is 5.69 Å². The average Bonchev–Trinajstić information content (AvgIpc) is 3.18. The molecule has 2 heterocycles. The van der Waals surface area contributed by atoms with Gasteiger partial charge in [0.1, 0.15) is 0 Å². The van der Waals surface area contributed by atoms with E-state index in [-0.39, 0.29) is 10.9 Å². The van der Waals surface area contributed by atoms with Crippen LogP contribution >= 0.6 is 0 Å². The highest BCUT2D eigenvalue weighted by atomic mass is 32.2. The fourth-order valence-corrected chi connectivity index (χ4v) is 3.70. The van der Waals surface area contributed by atoms with E-state index < -0.39 is 9.84 Å². The predicted octanol–water partition coefficient (Wildman–Crippen LogP) is 0.532. The molecule has 0 atom stereocenters. The predicted molar refractivity (Wildman–Crippen MR) is 76.9 cm³/mol. The van der Waals surface area contributed by atoms with Gasteiger partial charge in [0, 0.05) is 6.54 Å². The van der Waals surface area contributed by atoms with Crippen LogP contribution in [0, 0.1) is 0 Å². The van der Waals surface area contributed by atoms with Crippen molar-refractivity contribution in [3.63, 3.8) is 0 Å². The molecule has 1 aromatic carbocycles. The SMILES string of the molecule is O=S(=O)(CCN1CCCC1)c1nnnn1-c1ccccc1. The lowest BCUT2D eigenvalue weighted by Crippen LogP contribution is -2.27. The quantitative estimate of drug-likeness (QED) is 0.801. The minimum atomic E-state index is -3.50. The topological polar surface area (TPSA) is 81.0 Å². The second kappa shape index (κ2) is 5.90. The summed E-state index contributed by atoms with van der Waals surface area (Å²) in [4.78, 5) is 2.16. The normalized spacial score (nSPS) is 16.4. The van der Waals surface area contributed by atoms with E-state index in [0.29, 0.717) is 12.2 Å². The molecule has 7 nitrogen and oxygen atoms in total. The first-order valence-electron chi connectivity index (χ1n) is 6.96. The molecule has 0 N–H and O–H groups in total. The Balaban J connectivity index is 1.81. The summed E-state index contributed by atoms with van der Waals surface area (Å²) in [6, 6.07) is 9.04. The van der Waals surface area contributed by atoms with Gasteiger partial charge in [-0.15, -0.1) is 0 Å². The maximum atomic E-state index is 12.5. The maximum absolute atomic E-state index is 12.5. The molecular formula is C13H17N5O2S. The van der Waals surface area contributed by atoms with E-state index in [9.17, 15) is 8.42 Å². The van der Waals surface area contributed by atoms with Gasteiger partial charge in [-0.3, -0.25) is 0 Å². The van der Waals surface area contributed by atoms with E-state index in [1.54, 1.807) is 12.1 Å². The molecule has 2 aromatic rings. The van der Waals surface area contributed by atoms with Crippen molar-refractivity contribution in [2.24, 2.45) is 0 Å². The monoisotopic (exact) mass is 307 g/mol. The summed E-state index contributed by atoms with van der Waals surface area (Å²) in [6.45, 7) is 2.47. The Morgan fingerprint density at radius 3 is 2.52 bits per heavy atom. The third kappa shape index (κ3) is 3.11. The Kier molecular flexibility index (Phi) is 3.98. The minimum Gasteiger partial charge on any atom is -0.302 e. The highest BCUT2D eigenvalue weighted by molar-refractivity contribution is 7.91. The zero-order chi connectivity index (χ0) is 14.7. The molecule has 112 valence electrons. The number of likely N-dealkylation sites (tertiary alicyclic amines) is 1. The molecule has 0 amide bonds. The van der Waals surface area contributed by atoms with Crippen molar-refractivity contribution in [2.75, 3.05) is 25.4 Å². The van der Waals surface area contributed by atoms with Crippen LogP contribution in [0.5, 0.6) is 0 Å². The summed E-state index contributed by atoms with van der Waals surface area (Å²) in [6.07, 6.45) is 2.28. The fraction of sp³-hybridized carbons (Fsp3) is 0.462. The Hall–Kier alpha value is -1.80. The van der Waals surface area contributed by atoms with Crippen molar-refractivity contribution >= 4 is 9.84 Å². The van der Waals surface area contributed by atoms with Crippen molar-refractivity contribution in [1.82, 2.24) is 25.1 Å². The Morgan fingerprint density at radius 2 is 1.81 bits per heavy atom. The highest BCUT2D eigenvalue weighted by Crippen LogP contribution is 2.14. The second-order valence-corrected chi connectivity index (χ2v) is 7.08. The largest absolute Gasteiger partial charge is 0.302 e. The summed E-state index contributed by atoms with van der Waals surface area (Å²) < 4.78 is 26.2. The number of tetrazole rings is 1. The molecule has 0 unspecified atom stereocenters. The third-order valence-corrected chi connectivity index (χ3v) is 5.13. The number of aromatic nitrogens is 4. The standard InChI is InChI=1S/C13H17N5O2S/c19-21(20,11-10-17-8-4-5-9-17)13-14-15-16-18(13)12-6-2-1-3-7-12/h1-3,6-7H,4-5,8-11H2. The van der Waals surface area contributed by atoms with Gasteiger partial charge in [-0.1, -0.05) is 23.3 Å². The lowest BCUT2D eigenvalue weighted by Gasteiger charge is -2.13. The van der Waals surface area contributed by atoms with Gasteiger partial charge in [0.2, 0.25) is 9.84 Å². The first-order chi connectivity index (χ1) is 10.2. The zero-order valence-corrected chi connectivity index (χ0v) is 12.4. The van der Waals surface area contributed by atoms with Gasteiger partial charge in [0.15, 0.2) is 0 Å². The first-order valence-corrected chi connectivity index (χ1v) is 8.61. The molecule has 1 fully saturated rings. The van der Waals surface area contributed by atoms with E-state index in [1.807, 2.05) is 18.2 Å². The van der Waals surface area contributed by atoms with Crippen molar-refractivity contribution in [2.45, 2.75) is 18.0 Å². The Morgan fingerprint density at radius 1 is 1.10 bits per heavy atom. The molecular weight excluding hydrogens is 290 g/mol. The van der Waals surface area contributed by atoms with Gasteiger partial charge in [-0.05, 0) is 48.5 Å². The summed E-state index contributed by atoms with van der Waals surface area (Å²) in [7, 11) is -3.50. The molecule has 0 bridgehead atoms. The number of hydrogen-bond acceptors (Lipinski definition) is 6. The molecule has 3 rings (SSSR count). The zero-order valence-electron chi connectivity index (χ0n) is 11.6. The van der Waals surface area contributed by atoms with E-state index >= 15 is 0 Å². The lowest BCUT2D eigenvalue weighted by molar-refractivity contribution is 0.358. The number of para-hydroxylation sites is 1. The number of hydrogen-bond donors (Lipinski definition) is 0. The van der Waals surface area contributed by atoms with Gasteiger partial charge >= 0.3 is 0 Å². The second-order valence-electron chi connectivity index (χ2n) is 5.08. The Bertz CT molecular complexity index is 692. The van der Waals surface area contributed by atoms with Gasteiger partial charge in [0.25, 0.3) is 5.16 Å². The first kappa shape index (κ1) is 14.2. The molecule has 0 radical (unpaired) electrons. The van der Waals surface area contributed by atoms with Crippen LogP contribution in [0.3, 0.4) is 0 Å². The molecule has 1 aliphatic heterocycles. The summed E-state index contributed by atoms with van der Waals surface area (Å²) >= 11 is 0. The van der Waals surface area contributed by atoms with E-state index in [1.165, 1.54) is 4.68 Å². The van der Waals surface area contributed by atoms with Crippen LogP contribution in [0.15, 0.2) is 35.5 Å². The minimum absolute atomic E-state index is 0.0419. The molecule has 0 spiro atoms. The van der Waals surface area contributed by atoms with Crippen molar-refractivity contribution in [3.05, 3.63) is 30.3 Å². The van der Waals surface area contributed by atoms with Gasteiger partial charge < -0.3 is 4.90 Å². The van der Waals surface area contributed by atoms with Crippen LogP contribution in [0.25, 0.3) is 5.69 Å². The lowest BCUT2D eigenvalue weighted by atomic mass is 10.3.